The fourth-order valence-corrected chi connectivity index (χ4v) is 4.80. The van der Waals surface area contributed by atoms with E-state index < -0.39 is 0 Å². The first-order valence-corrected chi connectivity index (χ1v) is 12.7. The van der Waals surface area contributed by atoms with E-state index in [1.54, 1.807) is 0 Å². The van der Waals surface area contributed by atoms with E-state index in [-0.39, 0.29) is 21.7 Å². The van der Waals surface area contributed by atoms with Crippen LogP contribution in [0.5, 0.6) is 0 Å². The number of aromatic nitrogens is 6. The standard InChI is InChI=1S/C29H42N6/c1-26(2,3)22-14-18-20(16-30-22)32-33-25(18)29(9,10)13-12-28(7,8)23-15-19-21(17-31-23)35(11)34-24(19)27(4,5)6/h14-17H,12-13H2,1-11H3,(H,32,33). The van der Waals surface area contributed by atoms with E-state index in [2.05, 4.69) is 96.6 Å². The molecule has 0 bridgehead atoms. The van der Waals surface area contributed by atoms with E-state index in [4.69, 9.17) is 10.1 Å². The monoisotopic (exact) mass is 474 g/mol. The molecule has 0 aliphatic rings. The summed E-state index contributed by atoms with van der Waals surface area (Å²) >= 11 is 0. The molecule has 0 unspecified atom stereocenters. The third-order valence-corrected chi connectivity index (χ3v) is 7.40. The maximum atomic E-state index is 4.90. The molecule has 6 heteroatoms. The Morgan fingerprint density at radius 3 is 1.97 bits per heavy atom. The molecule has 188 valence electrons. The molecule has 4 aromatic rings. The molecule has 0 aliphatic heterocycles. The lowest BCUT2D eigenvalue weighted by molar-refractivity contribution is 0.365. The third kappa shape index (κ3) is 4.72. The molecule has 0 amide bonds. The Balaban J connectivity index is 1.64. The van der Waals surface area contributed by atoms with Gasteiger partial charge in [0.25, 0.3) is 0 Å². The van der Waals surface area contributed by atoms with Crippen LogP contribution in [0.3, 0.4) is 0 Å². The Kier molecular flexibility index (Phi) is 5.89. The van der Waals surface area contributed by atoms with Gasteiger partial charge in [0.1, 0.15) is 5.52 Å². The highest BCUT2D eigenvalue weighted by Crippen LogP contribution is 2.39. The molecule has 6 nitrogen and oxygen atoms in total. The lowest BCUT2D eigenvalue weighted by atomic mass is 9.75. The van der Waals surface area contributed by atoms with Crippen molar-refractivity contribution in [3.05, 3.63) is 47.3 Å². The largest absolute Gasteiger partial charge is 0.281 e. The molecule has 4 rings (SSSR count). The Labute approximate surface area is 209 Å². The Morgan fingerprint density at radius 1 is 0.743 bits per heavy atom. The predicted octanol–water partition coefficient (Wildman–Crippen LogP) is 6.87. The van der Waals surface area contributed by atoms with Crippen molar-refractivity contribution in [1.29, 1.82) is 0 Å². The van der Waals surface area contributed by atoms with Gasteiger partial charge in [-0.1, -0.05) is 69.2 Å². The SMILES string of the molecule is Cn1nc(C(C)(C)C)c2cc(C(C)(C)CCC(C)(C)c3[nH]nc4cnc(C(C)(C)C)cc34)ncc21. The second kappa shape index (κ2) is 8.14. The Morgan fingerprint density at radius 2 is 1.34 bits per heavy atom. The van der Waals surface area contributed by atoms with Gasteiger partial charge in [-0.2, -0.15) is 10.2 Å². The molecule has 0 saturated heterocycles. The molecule has 0 spiro atoms. The van der Waals surface area contributed by atoms with Crippen molar-refractivity contribution in [2.45, 2.75) is 104 Å². The molecule has 0 aromatic carbocycles. The number of rotatable bonds is 5. The highest BCUT2D eigenvalue weighted by Gasteiger charge is 2.32. The van der Waals surface area contributed by atoms with E-state index in [0.717, 1.165) is 41.0 Å². The van der Waals surface area contributed by atoms with E-state index >= 15 is 0 Å². The summed E-state index contributed by atoms with van der Waals surface area (Å²) in [6, 6.07) is 4.48. The number of hydrogen-bond acceptors (Lipinski definition) is 4. The summed E-state index contributed by atoms with van der Waals surface area (Å²) in [4.78, 5) is 9.55. The topological polar surface area (TPSA) is 72.3 Å². The van der Waals surface area contributed by atoms with Crippen molar-refractivity contribution in [2.24, 2.45) is 7.05 Å². The van der Waals surface area contributed by atoms with Crippen molar-refractivity contribution in [2.75, 3.05) is 0 Å². The maximum absolute atomic E-state index is 4.90. The number of fused-ring (bicyclic) bond motifs is 2. The molecule has 4 aromatic heterocycles. The molecule has 0 radical (unpaired) electrons. The van der Waals surface area contributed by atoms with Gasteiger partial charge in [0.2, 0.25) is 0 Å². The first-order chi connectivity index (χ1) is 16.0. The lowest BCUT2D eigenvalue weighted by Gasteiger charge is -2.31. The van der Waals surface area contributed by atoms with Crippen LogP contribution in [0.1, 0.15) is 105 Å². The van der Waals surface area contributed by atoms with Crippen LogP contribution in [0, 0.1) is 0 Å². The van der Waals surface area contributed by atoms with E-state index in [1.165, 1.54) is 16.5 Å². The third-order valence-electron chi connectivity index (χ3n) is 7.40. The summed E-state index contributed by atoms with van der Waals surface area (Å²) in [6.07, 6.45) is 5.89. The zero-order valence-electron chi connectivity index (χ0n) is 23.5. The van der Waals surface area contributed by atoms with Gasteiger partial charge in [0, 0.05) is 56.6 Å². The number of aryl methyl sites for hydroxylation is 1. The minimum atomic E-state index is -0.0790. The molecule has 35 heavy (non-hydrogen) atoms. The van der Waals surface area contributed by atoms with Crippen LogP contribution in [0.2, 0.25) is 0 Å². The fourth-order valence-electron chi connectivity index (χ4n) is 4.80. The Hall–Kier alpha value is -2.76. The van der Waals surface area contributed by atoms with Crippen LogP contribution in [-0.4, -0.2) is 29.9 Å². The van der Waals surface area contributed by atoms with Gasteiger partial charge in [-0.15, -0.1) is 0 Å². The normalized spacial score (nSPS) is 13.8. The van der Waals surface area contributed by atoms with E-state index in [9.17, 15) is 0 Å². The Bertz CT molecular complexity index is 1370. The van der Waals surface area contributed by atoms with E-state index in [1.807, 2.05) is 24.1 Å². The first kappa shape index (κ1) is 25.3. The first-order valence-electron chi connectivity index (χ1n) is 12.7. The van der Waals surface area contributed by atoms with Gasteiger partial charge < -0.3 is 0 Å². The van der Waals surface area contributed by atoms with Crippen LogP contribution < -0.4 is 0 Å². The van der Waals surface area contributed by atoms with Crippen molar-refractivity contribution in [3.63, 3.8) is 0 Å². The molecular formula is C29H42N6. The molecule has 0 atom stereocenters. The summed E-state index contributed by atoms with van der Waals surface area (Å²) in [5.74, 6) is 0. The number of H-pyrrole nitrogens is 1. The average Bonchev–Trinajstić information content (AvgIpc) is 3.33. The second-order valence-corrected chi connectivity index (χ2v) is 13.5. The summed E-state index contributed by atoms with van der Waals surface area (Å²) in [7, 11) is 2.00. The van der Waals surface area contributed by atoms with Crippen LogP contribution >= 0.6 is 0 Å². The van der Waals surface area contributed by atoms with Gasteiger partial charge in [-0.25, -0.2) is 0 Å². The van der Waals surface area contributed by atoms with Gasteiger partial charge in [-0.05, 0) is 25.0 Å². The molecule has 0 fully saturated rings. The summed E-state index contributed by atoms with van der Waals surface area (Å²) in [5, 5.41) is 15.1. The number of aromatic amines is 1. The quantitative estimate of drug-likeness (QED) is 0.342. The van der Waals surface area contributed by atoms with Crippen molar-refractivity contribution in [1.82, 2.24) is 29.9 Å². The van der Waals surface area contributed by atoms with Crippen LogP contribution in [-0.2, 0) is 28.7 Å². The van der Waals surface area contributed by atoms with Gasteiger partial charge in [0.15, 0.2) is 0 Å². The molecule has 1 N–H and O–H groups in total. The van der Waals surface area contributed by atoms with Crippen LogP contribution in [0.25, 0.3) is 21.8 Å². The van der Waals surface area contributed by atoms with Gasteiger partial charge >= 0.3 is 0 Å². The zero-order chi connectivity index (χ0) is 26.0. The summed E-state index contributed by atoms with van der Waals surface area (Å²) in [5.41, 5.74) is 6.36. The fraction of sp³-hybridized carbons (Fsp3) is 0.586. The molecule has 0 aliphatic carbocycles. The van der Waals surface area contributed by atoms with Gasteiger partial charge in [-0.3, -0.25) is 19.7 Å². The summed E-state index contributed by atoms with van der Waals surface area (Å²) in [6.45, 7) is 22.5. The number of pyridine rings is 2. The van der Waals surface area contributed by atoms with Gasteiger partial charge in [0.05, 0.1) is 23.6 Å². The maximum Gasteiger partial charge on any atom is 0.111 e. The van der Waals surface area contributed by atoms with Crippen molar-refractivity contribution < 1.29 is 0 Å². The highest BCUT2D eigenvalue weighted by atomic mass is 15.3. The van der Waals surface area contributed by atoms with Crippen LogP contribution in [0.15, 0.2) is 24.5 Å². The van der Waals surface area contributed by atoms with Crippen molar-refractivity contribution in [3.8, 4) is 0 Å². The zero-order valence-corrected chi connectivity index (χ0v) is 23.5. The molecular weight excluding hydrogens is 432 g/mol. The smallest absolute Gasteiger partial charge is 0.111 e. The minimum absolute atomic E-state index is 0.00260. The number of nitrogens with zero attached hydrogens (tertiary/aromatic N) is 5. The molecule has 0 saturated carbocycles. The average molecular weight is 475 g/mol. The van der Waals surface area contributed by atoms with Crippen molar-refractivity contribution >= 4 is 21.8 Å². The van der Waals surface area contributed by atoms with E-state index in [0.29, 0.717) is 0 Å². The minimum Gasteiger partial charge on any atom is -0.281 e. The number of hydrogen-bond donors (Lipinski definition) is 1. The second-order valence-electron chi connectivity index (χ2n) is 13.5. The number of nitrogens with one attached hydrogen (secondary N) is 1. The predicted molar refractivity (Wildman–Crippen MR) is 145 cm³/mol. The highest BCUT2D eigenvalue weighted by molar-refractivity contribution is 5.83. The van der Waals surface area contributed by atoms with Crippen LogP contribution in [0.4, 0.5) is 0 Å². The summed E-state index contributed by atoms with van der Waals surface area (Å²) < 4.78 is 1.95. The lowest BCUT2D eigenvalue weighted by Crippen LogP contribution is -2.26. The molecule has 4 heterocycles.